The van der Waals surface area contributed by atoms with Gasteiger partial charge < -0.3 is 14.6 Å². The zero-order valence-corrected chi connectivity index (χ0v) is 14.5. The molecule has 1 atom stereocenters. The molecule has 4 rings (SSSR count). The van der Waals surface area contributed by atoms with Crippen molar-refractivity contribution >= 4 is 22.8 Å². The molecule has 1 aliphatic rings. The van der Waals surface area contributed by atoms with Gasteiger partial charge in [-0.25, -0.2) is 13.6 Å². The molecule has 0 saturated heterocycles. The highest BCUT2D eigenvalue weighted by atomic mass is 19.2. The molecule has 0 fully saturated rings. The third-order valence-electron chi connectivity index (χ3n) is 4.90. The zero-order valence-electron chi connectivity index (χ0n) is 14.5. The fraction of sp³-hybridized carbons (Fsp3) is 0.200. The zero-order chi connectivity index (χ0) is 19.1. The van der Waals surface area contributed by atoms with Crippen LogP contribution in [0, 0.1) is 11.6 Å². The van der Waals surface area contributed by atoms with Gasteiger partial charge in [0.15, 0.2) is 11.6 Å². The summed E-state index contributed by atoms with van der Waals surface area (Å²) in [7, 11) is 1.26. The molecule has 0 radical (unpaired) electrons. The first-order valence-corrected chi connectivity index (χ1v) is 8.42. The lowest BCUT2D eigenvalue weighted by Gasteiger charge is -2.34. The van der Waals surface area contributed by atoms with Crippen LogP contribution >= 0.6 is 0 Å². The number of ether oxygens (including phenoxy) is 1. The number of H-pyrrole nitrogens is 1. The Balaban J connectivity index is 1.76. The third-order valence-corrected chi connectivity index (χ3v) is 4.90. The Bertz CT molecular complexity index is 1060. The van der Waals surface area contributed by atoms with Gasteiger partial charge in [0.05, 0.1) is 13.7 Å². The van der Waals surface area contributed by atoms with Crippen LogP contribution in [0.1, 0.15) is 21.6 Å². The fourth-order valence-electron chi connectivity index (χ4n) is 3.56. The number of aromatic amines is 1. The van der Waals surface area contributed by atoms with Crippen LogP contribution in [0.2, 0.25) is 0 Å². The van der Waals surface area contributed by atoms with Crippen LogP contribution in [-0.2, 0) is 22.5 Å². The summed E-state index contributed by atoms with van der Waals surface area (Å²) in [6, 6.07) is 9.77. The number of amides is 1. The van der Waals surface area contributed by atoms with Crippen molar-refractivity contribution in [1.29, 1.82) is 0 Å². The first-order chi connectivity index (χ1) is 13.0. The fourth-order valence-corrected chi connectivity index (χ4v) is 3.56. The monoisotopic (exact) mass is 370 g/mol. The predicted molar refractivity (Wildman–Crippen MR) is 94.0 cm³/mol. The summed E-state index contributed by atoms with van der Waals surface area (Å²) < 4.78 is 31.6. The summed E-state index contributed by atoms with van der Waals surface area (Å²) >= 11 is 0. The molecule has 27 heavy (non-hydrogen) atoms. The normalized spacial score (nSPS) is 16.3. The second-order valence-corrected chi connectivity index (χ2v) is 6.43. The van der Waals surface area contributed by atoms with E-state index in [1.807, 2.05) is 24.3 Å². The van der Waals surface area contributed by atoms with E-state index >= 15 is 0 Å². The van der Waals surface area contributed by atoms with Crippen LogP contribution in [0.25, 0.3) is 10.9 Å². The molecule has 1 aliphatic heterocycles. The van der Waals surface area contributed by atoms with Crippen molar-refractivity contribution in [2.45, 2.75) is 19.0 Å². The number of hydrogen-bond acceptors (Lipinski definition) is 3. The molecule has 2 aromatic carbocycles. The van der Waals surface area contributed by atoms with E-state index < -0.39 is 29.6 Å². The van der Waals surface area contributed by atoms with Gasteiger partial charge in [0.1, 0.15) is 6.04 Å². The number of nitrogens with one attached hydrogen (secondary N) is 1. The molecule has 0 aliphatic carbocycles. The molecule has 1 amide bonds. The lowest BCUT2D eigenvalue weighted by atomic mass is 9.95. The summed E-state index contributed by atoms with van der Waals surface area (Å²) in [6.45, 7) is 0.140. The highest BCUT2D eigenvalue weighted by molar-refractivity contribution is 5.98. The van der Waals surface area contributed by atoms with Crippen LogP contribution < -0.4 is 0 Å². The smallest absolute Gasteiger partial charge is 0.328 e. The first kappa shape index (κ1) is 17.2. The standard InChI is InChI=1S/C20H16F2N2O3/c1-27-20(26)18-9-13-12-4-2-3-5-16(12)23-17(13)10-24(18)19(25)11-6-7-14(21)15(22)8-11/h2-8,18,23H,9-10H2,1H3. The molecular formula is C20H16F2N2O3. The molecule has 3 aromatic rings. The topological polar surface area (TPSA) is 62.4 Å². The Labute approximate surface area is 153 Å². The Kier molecular flexibility index (Phi) is 4.14. The molecule has 1 aromatic heterocycles. The van der Waals surface area contributed by atoms with E-state index in [-0.39, 0.29) is 18.5 Å². The number of carbonyl (C=O) groups excluding carboxylic acids is 2. The van der Waals surface area contributed by atoms with Gasteiger partial charge >= 0.3 is 5.97 Å². The van der Waals surface area contributed by atoms with Crippen LogP contribution in [0.5, 0.6) is 0 Å². The maximum atomic E-state index is 13.6. The van der Waals surface area contributed by atoms with E-state index in [0.717, 1.165) is 34.3 Å². The van der Waals surface area contributed by atoms with Gasteiger partial charge in [0.25, 0.3) is 5.91 Å². The first-order valence-electron chi connectivity index (χ1n) is 8.42. The summed E-state index contributed by atoms with van der Waals surface area (Å²) in [5.41, 5.74) is 2.65. The van der Waals surface area contributed by atoms with Crippen molar-refractivity contribution in [2.75, 3.05) is 7.11 Å². The summed E-state index contributed by atoms with van der Waals surface area (Å²) in [4.78, 5) is 29.9. The number of carbonyl (C=O) groups is 2. The summed E-state index contributed by atoms with van der Waals surface area (Å²) in [5, 5.41) is 0.987. The molecule has 7 heteroatoms. The van der Waals surface area contributed by atoms with Crippen molar-refractivity contribution in [3.63, 3.8) is 0 Å². The minimum atomic E-state index is -1.11. The minimum absolute atomic E-state index is 0.0256. The van der Waals surface area contributed by atoms with Crippen LogP contribution in [0.15, 0.2) is 42.5 Å². The van der Waals surface area contributed by atoms with Crippen LogP contribution in [0.3, 0.4) is 0 Å². The van der Waals surface area contributed by atoms with Gasteiger partial charge in [-0.1, -0.05) is 18.2 Å². The van der Waals surface area contributed by atoms with Gasteiger partial charge in [0.2, 0.25) is 0 Å². The number of hydrogen-bond donors (Lipinski definition) is 1. The number of benzene rings is 2. The van der Waals surface area contributed by atoms with Crippen molar-refractivity contribution in [3.05, 3.63) is 70.9 Å². The second-order valence-electron chi connectivity index (χ2n) is 6.43. The molecule has 0 spiro atoms. The molecule has 138 valence electrons. The Morgan fingerprint density at radius 3 is 2.67 bits per heavy atom. The molecule has 2 heterocycles. The van der Waals surface area contributed by atoms with Gasteiger partial charge in [-0.05, 0) is 29.8 Å². The van der Waals surface area contributed by atoms with E-state index in [1.165, 1.54) is 18.1 Å². The summed E-state index contributed by atoms with van der Waals surface area (Å²) in [5.74, 6) is -3.26. The SMILES string of the molecule is COC(=O)C1Cc2c([nH]c3ccccc23)CN1C(=O)c1ccc(F)c(F)c1. The average molecular weight is 370 g/mol. The van der Waals surface area contributed by atoms with Gasteiger partial charge in [-0.3, -0.25) is 4.79 Å². The maximum absolute atomic E-state index is 13.6. The van der Waals surface area contributed by atoms with E-state index in [1.54, 1.807) is 0 Å². The van der Waals surface area contributed by atoms with Gasteiger partial charge in [-0.15, -0.1) is 0 Å². The highest BCUT2D eigenvalue weighted by Crippen LogP contribution is 2.31. The van der Waals surface area contributed by atoms with Crippen molar-refractivity contribution < 1.29 is 23.1 Å². The molecule has 0 saturated carbocycles. The van der Waals surface area contributed by atoms with E-state index in [0.29, 0.717) is 0 Å². The van der Waals surface area contributed by atoms with Gasteiger partial charge in [0, 0.05) is 28.6 Å². The number of methoxy groups -OCH3 is 1. The van der Waals surface area contributed by atoms with E-state index in [2.05, 4.69) is 4.98 Å². The molecule has 0 bridgehead atoms. The number of para-hydroxylation sites is 1. The minimum Gasteiger partial charge on any atom is -0.467 e. The van der Waals surface area contributed by atoms with Crippen molar-refractivity contribution in [1.82, 2.24) is 9.88 Å². The van der Waals surface area contributed by atoms with E-state index in [9.17, 15) is 18.4 Å². The Hall–Kier alpha value is -3.22. The number of nitrogens with zero attached hydrogens (tertiary/aromatic N) is 1. The largest absolute Gasteiger partial charge is 0.467 e. The van der Waals surface area contributed by atoms with Crippen molar-refractivity contribution in [2.24, 2.45) is 0 Å². The molecule has 1 N–H and O–H groups in total. The Morgan fingerprint density at radius 1 is 1.15 bits per heavy atom. The molecular weight excluding hydrogens is 354 g/mol. The van der Waals surface area contributed by atoms with Gasteiger partial charge in [-0.2, -0.15) is 0 Å². The maximum Gasteiger partial charge on any atom is 0.328 e. The quantitative estimate of drug-likeness (QED) is 0.705. The average Bonchev–Trinajstić information content (AvgIpc) is 3.05. The Morgan fingerprint density at radius 2 is 1.93 bits per heavy atom. The molecule has 1 unspecified atom stereocenters. The number of fused-ring (bicyclic) bond motifs is 3. The molecule has 5 nitrogen and oxygen atoms in total. The predicted octanol–water partition coefficient (Wildman–Crippen LogP) is 3.19. The second kappa shape index (κ2) is 6.50. The number of rotatable bonds is 2. The lowest BCUT2D eigenvalue weighted by molar-refractivity contribution is -0.146. The number of aromatic nitrogens is 1. The third kappa shape index (κ3) is 2.85. The van der Waals surface area contributed by atoms with Crippen LogP contribution in [-0.4, -0.2) is 34.9 Å². The number of esters is 1. The summed E-state index contributed by atoms with van der Waals surface area (Å²) in [6.07, 6.45) is 0.279. The lowest BCUT2D eigenvalue weighted by Crippen LogP contribution is -2.49. The van der Waals surface area contributed by atoms with Crippen molar-refractivity contribution in [3.8, 4) is 0 Å². The van der Waals surface area contributed by atoms with E-state index in [4.69, 9.17) is 4.74 Å². The van der Waals surface area contributed by atoms with Crippen LogP contribution in [0.4, 0.5) is 8.78 Å². The highest BCUT2D eigenvalue weighted by Gasteiger charge is 2.37. The number of halogens is 2.